The molecule has 0 bridgehead atoms. The van der Waals surface area contributed by atoms with Gasteiger partial charge in [-0.05, 0) is 52.0 Å². The molecule has 0 aliphatic heterocycles. The molecular formula is C13H26N4S. The summed E-state index contributed by atoms with van der Waals surface area (Å²) in [6.07, 6.45) is 4.00. The van der Waals surface area contributed by atoms with Crippen LogP contribution in [-0.4, -0.2) is 40.9 Å². The molecule has 2 N–H and O–H groups in total. The molecule has 0 aliphatic carbocycles. The molecule has 0 radical (unpaired) electrons. The third kappa shape index (κ3) is 5.91. The van der Waals surface area contributed by atoms with E-state index in [4.69, 9.17) is 18.0 Å². The fourth-order valence-electron chi connectivity index (χ4n) is 1.70. The third-order valence-electron chi connectivity index (χ3n) is 2.42. The van der Waals surface area contributed by atoms with E-state index in [1.807, 2.05) is 53.2 Å². The van der Waals surface area contributed by atoms with E-state index in [2.05, 4.69) is 27.7 Å². The molecule has 1 heterocycles. The molecule has 104 valence electrons. The van der Waals surface area contributed by atoms with Crippen molar-refractivity contribution in [2.45, 2.75) is 39.8 Å². The van der Waals surface area contributed by atoms with E-state index in [-0.39, 0.29) is 0 Å². The lowest BCUT2D eigenvalue weighted by atomic mass is 10.2. The van der Waals surface area contributed by atoms with Gasteiger partial charge in [-0.25, -0.2) is 0 Å². The highest BCUT2D eigenvalue weighted by Crippen LogP contribution is 2.03. The fourth-order valence-corrected chi connectivity index (χ4v) is 2.12. The van der Waals surface area contributed by atoms with Gasteiger partial charge in [0.15, 0.2) is 5.11 Å². The van der Waals surface area contributed by atoms with E-state index < -0.39 is 0 Å². The predicted octanol–water partition coefficient (Wildman–Crippen LogP) is 2.03. The second kappa shape index (κ2) is 7.97. The van der Waals surface area contributed by atoms with Crippen molar-refractivity contribution in [3.05, 3.63) is 24.5 Å². The molecule has 5 heteroatoms. The van der Waals surface area contributed by atoms with Gasteiger partial charge in [0.05, 0.1) is 0 Å². The molecular weight excluding hydrogens is 244 g/mol. The van der Waals surface area contributed by atoms with E-state index in [1.165, 1.54) is 0 Å². The van der Waals surface area contributed by atoms with Crippen molar-refractivity contribution in [1.29, 1.82) is 0 Å². The topological polar surface area (TPSA) is 37.4 Å². The molecule has 18 heavy (non-hydrogen) atoms. The van der Waals surface area contributed by atoms with E-state index in [9.17, 15) is 0 Å². The normalized spacial score (nSPS) is 10.0. The minimum absolute atomic E-state index is 0.400. The number of nitrogens with zero attached hydrogens (tertiary/aromatic N) is 3. The highest BCUT2D eigenvalue weighted by molar-refractivity contribution is 7.80. The fraction of sp³-hybridized carbons (Fsp3) is 0.615. The maximum absolute atomic E-state index is 5.50. The number of hydrogen-bond donors (Lipinski definition) is 1. The molecule has 4 nitrogen and oxygen atoms in total. The summed E-state index contributed by atoms with van der Waals surface area (Å²) < 4.78 is 2.00. The van der Waals surface area contributed by atoms with Gasteiger partial charge in [0, 0.05) is 38.6 Å². The highest BCUT2D eigenvalue weighted by atomic mass is 32.1. The highest BCUT2D eigenvalue weighted by Gasteiger charge is 2.13. The van der Waals surface area contributed by atoms with Crippen LogP contribution in [-0.2, 0) is 0 Å². The minimum atomic E-state index is 0.400. The number of nitrogens with two attached hydrogens (primary N) is 1. The first-order valence-corrected chi connectivity index (χ1v) is 6.56. The average Bonchev–Trinajstić information content (AvgIpc) is 2.68. The SMILES string of the molecule is CC(C)N(C(N)=S)C(C)C.CN(C)n1cccc1. The lowest BCUT2D eigenvalue weighted by Gasteiger charge is -2.30. The Morgan fingerprint density at radius 2 is 1.44 bits per heavy atom. The van der Waals surface area contributed by atoms with Crippen molar-refractivity contribution in [3.8, 4) is 0 Å². The first-order chi connectivity index (χ1) is 8.27. The van der Waals surface area contributed by atoms with Crippen LogP contribution in [0.5, 0.6) is 0 Å². The lowest BCUT2D eigenvalue weighted by molar-refractivity contribution is 0.294. The Labute approximate surface area is 116 Å². The van der Waals surface area contributed by atoms with Crippen molar-refractivity contribution >= 4 is 17.3 Å². The number of aromatic nitrogens is 1. The van der Waals surface area contributed by atoms with Crippen LogP contribution < -0.4 is 10.7 Å². The summed E-state index contributed by atoms with van der Waals surface area (Å²) in [6, 6.07) is 4.80. The van der Waals surface area contributed by atoms with Crippen LogP contribution in [0.3, 0.4) is 0 Å². The van der Waals surface area contributed by atoms with Gasteiger partial charge >= 0.3 is 0 Å². The van der Waals surface area contributed by atoms with Gasteiger partial charge in [-0.1, -0.05) is 0 Å². The first kappa shape index (κ1) is 16.8. The summed E-state index contributed by atoms with van der Waals surface area (Å²) in [5, 5.41) is 2.49. The Morgan fingerprint density at radius 3 is 1.56 bits per heavy atom. The van der Waals surface area contributed by atoms with Crippen LogP contribution in [0, 0.1) is 0 Å². The Kier molecular flexibility index (Phi) is 7.43. The van der Waals surface area contributed by atoms with E-state index >= 15 is 0 Å². The van der Waals surface area contributed by atoms with Crippen molar-refractivity contribution < 1.29 is 0 Å². The number of rotatable bonds is 3. The average molecular weight is 270 g/mol. The van der Waals surface area contributed by atoms with Crippen LogP contribution in [0.2, 0.25) is 0 Å². The molecule has 0 saturated heterocycles. The molecule has 1 rings (SSSR count). The summed E-state index contributed by atoms with van der Waals surface area (Å²) >= 11 is 4.87. The minimum Gasteiger partial charge on any atom is -0.376 e. The molecule has 0 spiro atoms. The van der Waals surface area contributed by atoms with E-state index in [0.29, 0.717) is 17.2 Å². The maximum Gasteiger partial charge on any atom is 0.166 e. The first-order valence-electron chi connectivity index (χ1n) is 6.15. The van der Waals surface area contributed by atoms with Crippen LogP contribution in [0.15, 0.2) is 24.5 Å². The van der Waals surface area contributed by atoms with E-state index in [1.54, 1.807) is 0 Å². The van der Waals surface area contributed by atoms with Crippen LogP contribution >= 0.6 is 12.2 Å². The zero-order valence-electron chi connectivity index (χ0n) is 12.3. The van der Waals surface area contributed by atoms with Gasteiger partial charge in [-0.3, -0.25) is 4.68 Å². The van der Waals surface area contributed by atoms with Crippen molar-refractivity contribution in [3.63, 3.8) is 0 Å². The molecule has 0 amide bonds. The van der Waals surface area contributed by atoms with Gasteiger partial charge in [0.2, 0.25) is 0 Å². The van der Waals surface area contributed by atoms with Crippen LogP contribution in [0.4, 0.5) is 0 Å². The summed E-state index contributed by atoms with van der Waals surface area (Å²) in [6.45, 7) is 8.33. The number of hydrogen-bond acceptors (Lipinski definition) is 2. The summed E-state index contributed by atoms with van der Waals surface area (Å²) in [5.74, 6) is 0. The van der Waals surface area contributed by atoms with Gasteiger partial charge in [0.25, 0.3) is 0 Å². The summed E-state index contributed by atoms with van der Waals surface area (Å²) in [5.41, 5.74) is 5.50. The standard InChI is InChI=1S/C7H16N2S.C6H10N2/c1-5(2)9(6(3)4)7(8)10;1-7(2)8-5-3-4-6-8/h5-6H,1-4H3,(H2,8,10);3-6H,1-2H3. The predicted molar refractivity (Wildman–Crippen MR) is 83.4 cm³/mol. The van der Waals surface area contributed by atoms with E-state index in [0.717, 1.165) is 0 Å². The van der Waals surface area contributed by atoms with Crippen molar-refractivity contribution in [1.82, 2.24) is 9.58 Å². The molecule has 0 unspecified atom stereocenters. The Bertz CT molecular complexity index is 323. The van der Waals surface area contributed by atoms with Gasteiger partial charge in [-0.15, -0.1) is 0 Å². The lowest BCUT2D eigenvalue weighted by Crippen LogP contribution is -2.44. The smallest absolute Gasteiger partial charge is 0.166 e. The van der Waals surface area contributed by atoms with Gasteiger partial charge < -0.3 is 15.6 Å². The zero-order chi connectivity index (χ0) is 14.3. The monoisotopic (exact) mass is 270 g/mol. The largest absolute Gasteiger partial charge is 0.376 e. The molecule has 1 aromatic rings. The Morgan fingerprint density at radius 1 is 1.06 bits per heavy atom. The molecule has 0 saturated carbocycles. The Hall–Kier alpha value is -1.23. The van der Waals surface area contributed by atoms with Crippen LogP contribution in [0.1, 0.15) is 27.7 Å². The van der Waals surface area contributed by atoms with Crippen molar-refractivity contribution in [2.75, 3.05) is 19.1 Å². The summed E-state index contributed by atoms with van der Waals surface area (Å²) in [7, 11) is 4.00. The third-order valence-corrected chi connectivity index (χ3v) is 2.63. The number of thiocarbonyl (C=S) groups is 1. The summed E-state index contributed by atoms with van der Waals surface area (Å²) in [4.78, 5) is 2.01. The maximum atomic E-state index is 5.50. The molecule has 0 aromatic carbocycles. The second-order valence-corrected chi connectivity index (χ2v) is 5.26. The quantitative estimate of drug-likeness (QED) is 0.853. The van der Waals surface area contributed by atoms with Crippen molar-refractivity contribution in [2.24, 2.45) is 5.73 Å². The zero-order valence-corrected chi connectivity index (χ0v) is 13.1. The van der Waals surface area contributed by atoms with Gasteiger partial charge in [0.1, 0.15) is 0 Å². The molecule has 0 aliphatic rings. The molecule has 1 aromatic heterocycles. The molecule has 0 fully saturated rings. The second-order valence-electron chi connectivity index (χ2n) is 4.84. The van der Waals surface area contributed by atoms with Crippen LogP contribution in [0.25, 0.3) is 0 Å². The molecule has 0 atom stereocenters. The van der Waals surface area contributed by atoms with Gasteiger partial charge in [-0.2, -0.15) is 0 Å². The Balaban J connectivity index is 0.000000327.